The Balaban J connectivity index is 0.00000200. The third kappa shape index (κ3) is 5.40. The van der Waals surface area contributed by atoms with Crippen LogP contribution < -0.4 is 10.5 Å². The molecule has 0 unspecified atom stereocenters. The summed E-state index contributed by atoms with van der Waals surface area (Å²) in [5.74, 6) is 2.66. The lowest BCUT2D eigenvalue weighted by atomic mass is 10.2. The Morgan fingerprint density at radius 1 is 1.40 bits per heavy atom. The number of benzene rings is 1. The van der Waals surface area contributed by atoms with E-state index in [4.69, 9.17) is 10.5 Å². The van der Waals surface area contributed by atoms with Crippen LogP contribution in [0.1, 0.15) is 17.8 Å². The van der Waals surface area contributed by atoms with E-state index in [9.17, 15) is 0 Å². The zero-order valence-corrected chi connectivity index (χ0v) is 13.0. The number of aryl methyl sites for hydroxylation is 1. The van der Waals surface area contributed by atoms with E-state index < -0.39 is 0 Å². The van der Waals surface area contributed by atoms with Crippen LogP contribution in [0.3, 0.4) is 0 Å². The predicted octanol–water partition coefficient (Wildman–Crippen LogP) is 2.55. The van der Waals surface area contributed by atoms with E-state index in [1.54, 1.807) is 11.8 Å². The summed E-state index contributed by atoms with van der Waals surface area (Å²) >= 11 is 1.63. The van der Waals surface area contributed by atoms with Crippen molar-refractivity contribution < 1.29 is 4.74 Å². The molecule has 0 aliphatic heterocycles. The number of nitrogens with zero attached hydrogens (tertiary/aromatic N) is 2. The van der Waals surface area contributed by atoms with Crippen LogP contribution in [-0.2, 0) is 6.54 Å². The fourth-order valence-corrected chi connectivity index (χ4v) is 2.32. The average molecular weight is 315 g/mol. The van der Waals surface area contributed by atoms with Crippen molar-refractivity contribution in [2.24, 2.45) is 5.73 Å². The first kappa shape index (κ1) is 16.8. The van der Waals surface area contributed by atoms with Gasteiger partial charge in [-0.1, -0.05) is 23.9 Å². The molecule has 20 heavy (non-hydrogen) atoms. The lowest BCUT2D eigenvalue weighted by Crippen LogP contribution is -2.01. The first-order valence-electron chi connectivity index (χ1n) is 6.21. The van der Waals surface area contributed by atoms with Crippen LogP contribution in [0.15, 0.2) is 29.4 Å². The van der Waals surface area contributed by atoms with E-state index in [2.05, 4.69) is 15.2 Å². The van der Waals surface area contributed by atoms with Gasteiger partial charge in [-0.05, 0) is 31.0 Å². The van der Waals surface area contributed by atoms with Crippen LogP contribution in [0.5, 0.6) is 5.75 Å². The maximum atomic E-state index is 5.67. The molecular weight excluding hydrogens is 296 g/mol. The molecule has 7 heteroatoms. The van der Waals surface area contributed by atoms with Gasteiger partial charge in [0.25, 0.3) is 0 Å². The molecular formula is C13H19ClN4OS. The third-order valence-electron chi connectivity index (χ3n) is 2.50. The van der Waals surface area contributed by atoms with Crippen LogP contribution in [0.25, 0.3) is 0 Å². The Kier molecular flexibility index (Phi) is 7.43. The number of ether oxygens (including phenoxy) is 1. The highest BCUT2D eigenvalue weighted by Crippen LogP contribution is 2.15. The molecule has 0 fully saturated rings. The first-order chi connectivity index (χ1) is 9.28. The summed E-state index contributed by atoms with van der Waals surface area (Å²) in [5.41, 5.74) is 6.67. The Hall–Kier alpha value is -1.24. The van der Waals surface area contributed by atoms with E-state index in [-0.39, 0.29) is 12.4 Å². The third-order valence-corrected chi connectivity index (χ3v) is 3.43. The molecule has 110 valence electrons. The van der Waals surface area contributed by atoms with Gasteiger partial charge in [-0.15, -0.1) is 17.5 Å². The van der Waals surface area contributed by atoms with Gasteiger partial charge in [0.05, 0.1) is 6.61 Å². The minimum atomic E-state index is 0. The van der Waals surface area contributed by atoms with Gasteiger partial charge in [0.15, 0.2) is 0 Å². The number of aromatic amines is 1. The second-order valence-corrected chi connectivity index (χ2v) is 5.17. The topological polar surface area (TPSA) is 76.8 Å². The van der Waals surface area contributed by atoms with Crippen molar-refractivity contribution in [3.05, 3.63) is 35.7 Å². The molecule has 1 aromatic heterocycles. The van der Waals surface area contributed by atoms with E-state index in [0.717, 1.165) is 34.5 Å². The fraction of sp³-hybridized carbons (Fsp3) is 0.385. The minimum absolute atomic E-state index is 0. The molecule has 5 nitrogen and oxygen atoms in total. The van der Waals surface area contributed by atoms with Gasteiger partial charge in [-0.3, -0.25) is 5.10 Å². The Bertz CT molecular complexity index is 521. The van der Waals surface area contributed by atoms with Gasteiger partial charge in [0.1, 0.15) is 11.6 Å². The summed E-state index contributed by atoms with van der Waals surface area (Å²) in [6.07, 6.45) is 0.950. The molecule has 0 aliphatic carbocycles. The van der Waals surface area contributed by atoms with Crippen LogP contribution >= 0.6 is 24.2 Å². The highest BCUT2D eigenvalue weighted by molar-refractivity contribution is 7.99. The lowest BCUT2D eigenvalue weighted by molar-refractivity contribution is 0.318. The molecule has 3 N–H and O–H groups in total. The first-order valence-corrected chi connectivity index (χ1v) is 7.20. The monoisotopic (exact) mass is 314 g/mol. The summed E-state index contributed by atoms with van der Waals surface area (Å²) in [5, 5.41) is 7.68. The molecule has 0 aliphatic rings. The van der Waals surface area contributed by atoms with Crippen molar-refractivity contribution in [3.63, 3.8) is 0 Å². The summed E-state index contributed by atoms with van der Waals surface area (Å²) in [6, 6.07) is 7.88. The molecule has 0 radical (unpaired) electrons. The number of halogens is 1. The zero-order chi connectivity index (χ0) is 13.5. The van der Waals surface area contributed by atoms with E-state index in [1.165, 1.54) is 0 Å². The number of nitrogens with one attached hydrogen (secondary N) is 1. The van der Waals surface area contributed by atoms with Gasteiger partial charge < -0.3 is 10.5 Å². The van der Waals surface area contributed by atoms with Crippen LogP contribution in [0.2, 0.25) is 0 Å². The number of rotatable bonds is 7. The molecule has 0 saturated heterocycles. The molecule has 1 heterocycles. The van der Waals surface area contributed by atoms with E-state index in [0.29, 0.717) is 13.2 Å². The lowest BCUT2D eigenvalue weighted by Gasteiger charge is -2.06. The van der Waals surface area contributed by atoms with Gasteiger partial charge in [0, 0.05) is 12.3 Å². The van der Waals surface area contributed by atoms with Gasteiger partial charge in [0.2, 0.25) is 5.16 Å². The maximum Gasteiger partial charge on any atom is 0.208 e. The van der Waals surface area contributed by atoms with E-state index in [1.807, 2.05) is 31.2 Å². The molecule has 0 amide bonds. The largest absolute Gasteiger partial charge is 0.494 e. The fourth-order valence-electron chi connectivity index (χ4n) is 1.56. The summed E-state index contributed by atoms with van der Waals surface area (Å²) in [6.45, 7) is 3.12. The van der Waals surface area contributed by atoms with Crippen molar-refractivity contribution >= 4 is 24.2 Å². The van der Waals surface area contributed by atoms with Crippen molar-refractivity contribution in [2.75, 3.05) is 12.4 Å². The standard InChI is InChI=1S/C13H18N4OS.ClH/c1-10-15-13(17-16-10)19-7-3-6-18-12-5-2-4-11(8-12)9-14;/h2,4-5,8H,3,6-7,9,14H2,1H3,(H,15,16,17);1H. The molecule has 0 spiro atoms. The Labute approximate surface area is 129 Å². The molecule has 1 aromatic carbocycles. The van der Waals surface area contributed by atoms with Crippen LogP contribution in [-0.4, -0.2) is 27.5 Å². The minimum Gasteiger partial charge on any atom is -0.494 e. The molecule has 0 bridgehead atoms. The molecule has 2 rings (SSSR count). The van der Waals surface area contributed by atoms with Crippen molar-refractivity contribution in [1.82, 2.24) is 15.2 Å². The van der Waals surface area contributed by atoms with Crippen molar-refractivity contribution in [2.45, 2.75) is 25.0 Å². The highest BCUT2D eigenvalue weighted by atomic mass is 35.5. The number of hydrogen-bond acceptors (Lipinski definition) is 5. The maximum absolute atomic E-state index is 5.67. The van der Waals surface area contributed by atoms with Crippen LogP contribution in [0, 0.1) is 6.92 Å². The van der Waals surface area contributed by atoms with E-state index >= 15 is 0 Å². The molecule has 0 saturated carbocycles. The molecule has 2 aromatic rings. The normalized spacial score (nSPS) is 10.1. The SMILES string of the molecule is Cc1nc(SCCCOc2cccc(CN)c2)n[nH]1.Cl. The summed E-state index contributed by atoms with van der Waals surface area (Å²) < 4.78 is 5.67. The number of nitrogens with two attached hydrogens (primary N) is 1. The summed E-state index contributed by atoms with van der Waals surface area (Å²) in [4.78, 5) is 4.23. The smallest absolute Gasteiger partial charge is 0.208 e. The Morgan fingerprint density at radius 3 is 2.95 bits per heavy atom. The molecule has 0 atom stereocenters. The number of hydrogen-bond donors (Lipinski definition) is 2. The van der Waals surface area contributed by atoms with Crippen LogP contribution in [0.4, 0.5) is 0 Å². The Morgan fingerprint density at radius 2 is 2.25 bits per heavy atom. The highest BCUT2D eigenvalue weighted by Gasteiger charge is 2.00. The average Bonchev–Trinajstić information content (AvgIpc) is 2.84. The van der Waals surface area contributed by atoms with Gasteiger partial charge in [-0.2, -0.15) is 0 Å². The number of aromatic nitrogens is 3. The number of H-pyrrole nitrogens is 1. The zero-order valence-electron chi connectivity index (χ0n) is 11.3. The number of thioether (sulfide) groups is 1. The quantitative estimate of drug-likeness (QED) is 0.606. The van der Waals surface area contributed by atoms with Crippen molar-refractivity contribution in [1.29, 1.82) is 0 Å². The van der Waals surface area contributed by atoms with Gasteiger partial charge in [-0.25, -0.2) is 4.98 Å². The second kappa shape index (κ2) is 8.84. The second-order valence-electron chi connectivity index (χ2n) is 4.11. The van der Waals surface area contributed by atoms with Crippen molar-refractivity contribution in [3.8, 4) is 5.75 Å². The predicted molar refractivity (Wildman–Crippen MR) is 83.5 cm³/mol. The van der Waals surface area contributed by atoms with Gasteiger partial charge >= 0.3 is 0 Å². The summed E-state index contributed by atoms with van der Waals surface area (Å²) in [7, 11) is 0.